The lowest BCUT2D eigenvalue weighted by atomic mass is 10.1. The third kappa shape index (κ3) is 5.31. The maximum atomic E-state index is 12.0. The number of aliphatic hydroxyl groups excluding tert-OH is 2. The van der Waals surface area contributed by atoms with Crippen LogP contribution in [0.2, 0.25) is 0 Å². The van der Waals surface area contributed by atoms with E-state index in [1.165, 1.54) is 38.4 Å². The first-order chi connectivity index (χ1) is 16.1. The lowest BCUT2D eigenvalue weighted by Gasteiger charge is -2.18. The van der Waals surface area contributed by atoms with E-state index in [1.54, 1.807) is 6.07 Å². The molecule has 3 unspecified atom stereocenters. The van der Waals surface area contributed by atoms with E-state index in [1.807, 2.05) is 0 Å². The Hall–Kier alpha value is -3.59. The summed E-state index contributed by atoms with van der Waals surface area (Å²) in [6.45, 7) is 0.514. The molecule has 0 spiro atoms. The highest BCUT2D eigenvalue weighted by molar-refractivity contribution is 5.60. The van der Waals surface area contributed by atoms with Crippen LogP contribution in [0, 0.1) is 17.0 Å². The molecule has 14 nitrogen and oxygen atoms in total. The number of nitrogens with one attached hydrogen (secondary N) is 1. The molecule has 1 fully saturated rings. The fraction of sp³-hybridized carbons (Fsp3) is 0.450. The number of H-pyrrole nitrogens is 1. The number of aromatic amines is 1. The van der Waals surface area contributed by atoms with Crippen molar-refractivity contribution in [1.82, 2.24) is 9.55 Å². The Bertz CT molecular complexity index is 1160. The number of nitrogens with zero attached hydrogens (tertiary/aromatic N) is 2. The van der Waals surface area contributed by atoms with Crippen molar-refractivity contribution in [2.24, 2.45) is 0 Å². The number of nitro groups is 1. The smallest absolute Gasteiger partial charge is 0.431 e. The van der Waals surface area contributed by atoms with Crippen LogP contribution >= 0.6 is 0 Å². The average molecular weight is 481 g/mol. The number of hydrogen-bond donors (Lipinski definition) is 3. The summed E-state index contributed by atoms with van der Waals surface area (Å²) in [5.74, 6) is 0. The maximum absolute atomic E-state index is 12.0. The molecule has 1 aromatic carbocycles. The van der Waals surface area contributed by atoms with E-state index in [0.29, 0.717) is 0 Å². The van der Waals surface area contributed by atoms with Gasteiger partial charge in [0.15, 0.2) is 6.23 Å². The van der Waals surface area contributed by atoms with Gasteiger partial charge in [0.25, 0.3) is 11.2 Å². The standard InChI is InChI=1S/C20H23N3O11/c1-10-7-22(19(27)21-17(10)26)18-16(25)15(24)14(34-18)9-33-20(28)32-8-13(31-2)11-5-3-4-6-12(11)23(29)30/h3-7,13-16,18,24-25H,8-9H2,1-2H3,(H,21,26,27)/t13?,14-,15?,16?,18-/m1/s1. The number of ether oxygens (including phenoxy) is 4. The molecule has 1 saturated heterocycles. The van der Waals surface area contributed by atoms with Crippen molar-refractivity contribution in [3.63, 3.8) is 0 Å². The van der Waals surface area contributed by atoms with Gasteiger partial charge in [0, 0.05) is 24.9 Å². The molecule has 1 aliphatic heterocycles. The van der Waals surface area contributed by atoms with Gasteiger partial charge in [-0.2, -0.15) is 0 Å². The van der Waals surface area contributed by atoms with Crippen molar-refractivity contribution in [3.8, 4) is 0 Å². The number of benzene rings is 1. The summed E-state index contributed by atoms with van der Waals surface area (Å²) >= 11 is 0. The molecule has 14 heteroatoms. The van der Waals surface area contributed by atoms with Crippen molar-refractivity contribution in [2.75, 3.05) is 20.3 Å². The Balaban J connectivity index is 1.59. The number of nitro benzene ring substituents is 1. The number of carbonyl (C=O) groups excluding carboxylic acids is 1. The molecule has 3 rings (SSSR count). The Morgan fingerprint density at radius 3 is 2.65 bits per heavy atom. The molecule has 1 aliphatic rings. The van der Waals surface area contributed by atoms with E-state index in [-0.39, 0.29) is 16.8 Å². The minimum absolute atomic E-state index is 0.180. The fourth-order valence-corrected chi connectivity index (χ4v) is 3.42. The highest BCUT2D eigenvalue weighted by Gasteiger charge is 2.45. The molecule has 1 aromatic heterocycles. The molecule has 0 aliphatic carbocycles. The van der Waals surface area contributed by atoms with Crippen LogP contribution in [-0.2, 0) is 18.9 Å². The number of hydrogen-bond acceptors (Lipinski definition) is 11. The van der Waals surface area contributed by atoms with Crippen molar-refractivity contribution >= 4 is 11.8 Å². The molecule has 2 heterocycles. The van der Waals surface area contributed by atoms with Gasteiger partial charge in [-0.1, -0.05) is 12.1 Å². The van der Waals surface area contributed by atoms with Crippen LogP contribution < -0.4 is 11.2 Å². The molecule has 0 radical (unpaired) electrons. The Kier molecular flexibility index (Phi) is 7.78. The Morgan fingerprint density at radius 2 is 1.97 bits per heavy atom. The van der Waals surface area contributed by atoms with Gasteiger partial charge in [0.1, 0.15) is 37.6 Å². The summed E-state index contributed by atoms with van der Waals surface area (Å²) in [7, 11) is 1.29. The molecule has 3 N–H and O–H groups in total. The van der Waals surface area contributed by atoms with E-state index in [0.717, 1.165) is 4.57 Å². The normalized spacial score (nSPS) is 22.8. The molecular formula is C20H23N3O11. The molecule has 184 valence electrons. The predicted molar refractivity (Wildman–Crippen MR) is 112 cm³/mol. The first-order valence-corrected chi connectivity index (χ1v) is 10.0. The fourth-order valence-electron chi connectivity index (χ4n) is 3.42. The van der Waals surface area contributed by atoms with Crippen molar-refractivity contribution in [2.45, 2.75) is 37.6 Å². The van der Waals surface area contributed by atoms with Crippen LogP contribution in [0.3, 0.4) is 0 Å². The third-order valence-electron chi connectivity index (χ3n) is 5.24. The molecule has 0 saturated carbocycles. The number of aliphatic hydroxyl groups is 2. The summed E-state index contributed by atoms with van der Waals surface area (Å²) in [6, 6.07) is 5.81. The number of para-hydroxylation sites is 1. The molecule has 34 heavy (non-hydrogen) atoms. The lowest BCUT2D eigenvalue weighted by Crippen LogP contribution is -2.38. The van der Waals surface area contributed by atoms with E-state index in [9.17, 15) is 34.7 Å². The van der Waals surface area contributed by atoms with Gasteiger partial charge in [-0.15, -0.1) is 0 Å². The molecule has 0 amide bonds. The summed E-state index contributed by atoms with van der Waals surface area (Å²) in [5, 5.41) is 31.7. The minimum Gasteiger partial charge on any atom is -0.431 e. The highest BCUT2D eigenvalue weighted by atomic mass is 16.7. The molecular weight excluding hydrogens is 458 g/mol. The van der Waals surface area contributed by atoms with Gasteiger partial charge in [0.05, 0.1) is 10.5 Å². The second-order valence-corrected chi connectivity index (χ2v) is 7.44. The summed E-state index contributed by atoms with van der Waals surface area (Å²) in [4.78, 5) is 48.3. The zero-order chi connectivity index (χ0) is 25.0. The van der Waals surface area contributed by atoms with E-state index in [2.05, 4.69) is 4.98 Å². The Morgan fingerprint density at radius 1 is 1.26 bits per heavy atom. The zero-order valence-corrected chi connectivity index (χ0v) is 18.2. The van der Waals surface area contributed by atoms with Gasteiger partial charge >= 0.3 is 11.8 Å². The van der Waals surface area contributed by atoms with Gasteiger partial charge in [-0.05, 0) is 13.0 Å². The average Bonchev–Trinajstić information content (AvgIpc) is 3.09. The molecule has 5 atom stereocenters. The van der Waals surface area contributed by atoms with Crippen molar-refractivity contribution < 1.29 is 38.9 Å². The van der Waals surface area contributed by atoms with Crippen molar-refractivity contribution in [3.05, 3.63) is 72.5 Å². The molecule has 0 bridgehead atoms. The van der Waals surface area contributed by atoms with Crippen LogP contribution in [0.4, 0.5) is 10.5 Å². The summed E-state index contributed by atoms with van der Waals surface area (Å²) in [6.07, 6.45) is -6.55. The number of aryl methyl sites for hydroxylation is 1. The minimum atomic E-state index is -1.55. The van der Waals surface area contributed by atoms with E-state index >= 15 is 0 Å². The second kappa shape index (κ2) is 10.6. The number of rotatable bonds is 8. The zero-order valence-electron chi connectivity index (χ0n) is 18.2. The van der Waals surface area contributed by atoms with Crippen LogP contribution in [0.5, 0.6) is 0 Å². The number of carbonyl (C=O) groups is 1. The van der Waals surface area contributed by atoms with Gasteiger partial charge in [-0.3, -0.25) is 24.5 Å². The number of methoxy groups -OCH3 is 1. The van der Waals surface area contributed by atoms with Crippen LogP contribution in [0.15, 0.2) is 40.1 Å². The lowest BCUT2D eigenvalue weighted by molar-refractivity contribution is -0.386. The SMILES string of the molecule is COC(COC(=O)OC[C@H]1O[C@@H](n2cc(C)c(=O)[nH]c2=O)C(O)C1O)c1ccccc1[N+](=O)[O-]. The third-order valence-corrected chi connectivity index (χ3v) is 5.24. The topological polar surface area (TPSA) is 192 Å². The van der Waals surface area contributed by atoms with Crippen LogP contribution in [0.1, 0.15) is 23.5 Å². The van der Waals surface area contributed by atoms with Crippen molar-refractivity contribution in [1.29, 1.82) is 0 Å². The first-order valence-electron chi connectivity index (χ1n) is 10.0. The first kappa shape index (κ1) is 25.0. The number of aromatic nitrogens is 2. The Labute approximate surface area is 191 Å². The quantitative estimate of drug-likeness (QED) is 0.259. The monoisotopic (exact) mass is 481 g/mol. The second-order valence-electron chi connectivity index (χ2n) is 7.44. The van der Waals surface area contributed by atoms with E-state index < -0.39 is 66.2 Å². The predicted octanol–water partition coefficient (Wildman–Crippen LogP) is -0.0867. The maximum Gasteiger partial charge on any atom is 0.508 e. The van der Waals surface area contributed by atoms with Crippen LogP contribution in [-0.4, -0.2) is 69.5 Å². The molecule has 2 aromatic rings. The van der Waals surface area contributed by atoms with Gasteiger partial charge in [-0.25, -0.2) is 9.59 Å². The largest absolute Gasteiger partial charge is 0.508 e. The highest BCUT2D eigenvalue weighted by Crippen LogP contribution is 2.29. The van der Waals surface area contributed by atoms with Crippen LogP contribution in [0.25, 0.3) is 0 Å². The van der Waals surface area contributed by atoms with Gasteiger partial charge < -0.3 is 29.2 Å². The summed E-state index contributed by atoms with van der Waals surface area (Å²) in [5.41, 5.74) is -1.29. The van der Waals surface area contributed by atoms with Gasteiger partial charge in [0.2, 0.25) is 0 Å². The van der Waals surface area contributed by atoms with E-state index in [4.69, 9.17) is 18.9 Å². The summed E-state index contributed by atoms with van der Waals surface area (Å²) < 4.78 is 21.4.